The molecule has 112 valence electrons. The van der Waals surface area contributed by atoms with Crippen LogP contribution in [0.5, 0.6) is 0 Å². The summed E-state index contributed by atoms with van der Waals surface area (Å²) < 4.78 is 1.16. The first-order valence-electron chi connectivity index (χ1n) is 8.22. The molecule has 1 aliphatic carbocycles. The Balaban J connectivity index is 1.70. The van der Waals surface area contributed by atoms with Crippen LogP contribution in [0, 0.1) is 5.92 Å². The van der Waals surface area contributed by atoms with Gasteiger partial charge in [0.25, 0.3) is 0 Å². The summed E-state index contributed by atoms with van der Waals surface area (Å²) in [6.45, 7) is 1.18. The highest BCUT2D eigenvalue weighted by atomic mass is 79.9. The molecule has 2 heteroatoms. The number of anilines is 1. The van der Waals surface area contributed by atoms with Crippen LogP contribution in [0.2, 0.25) is 0 Å². The summed E-state index contributed by atoms with van der Waals surface area (Å²) >= 11 is 3.49. The van der Waals surface area contributed by atoms with Gasteiger partial charge < -0.3 is 4.90 Å². The number of hydrogen-bond donors (Lipinski definition) is 0. The van der Waals surface area contributed by atoms with E-state index in [9.17, 15) is 0 Å². The predicted molar refractivity (Wildman–Crippen MR) is 92.5 cm³/mol. The van der Waals surface area contributed by atoms with Crippen LogP contribution < -0.4 is 4.90 Å². The normalized spacial score (nSPS) is 17.5. The van der Waals surface area contributed by atoms with Crippen molar-refractivity contribution >= 4 is 21.6 Å². The second-order valence-corrected chi connectivity index (χ2v) is 7.17. The zero-order chi connectivity index (χ0) is 14.2. The maximum absolute atomic E-state index is 3.49. The van der Waals surface area contributed by atoms with Crippen molar-refractivity contribution in [3.05, 3.63) is 28.7 Å². The van der Waals surface area contributed by atoms with Crippen LogP contribution in [0.4, 0.5) is 5.69 Å². The highest BCUT2D eigenvalue weighted by molar-refractivity contribution is 9.10. The molecule has 1 aliphatic rings. The molecular weight excluding hydrogens is 310 g/mol. The molecule has 1 aromatic rings. The minimum atomic E-state index is 0.994. The summed E-state index contributed by atoms with van der Waals surface area (Å²) in [4.78, 5) is 2.38. The van der Waals surface area contributed by atoms with E-state index in [2.05, 4.69) is 52.1 Å². The van der Waals surface area contributed by atoms with Gasteiger partial charge in [0.2, 0.25) is 0 Å². The number of nitrogens with zero attached hydrogens (tertiary/aromatic N) is 1. The van der Waals surface area contributed by atoms with Crippen molar-refractivity contribution in [3.8, 4) is 0 Å². The quantitative estimate of drug-likeness (QED) is 0.634. The first-order valence-corrected chi connectivity index (χ1v) is 9.02. The molecule has 0 radical (unpaired) electrons. The summed E-state index contributed by atoms with van der Waals surface area (Å²) in [5.74, 6) is 0.994. The van der Waals surface area contributed by atoms with Gasteiger partial charge in [0, 0.05) is 23.8 Å². The maximum atomic E-state index is 3.49. The van der Waals surface area contributed by atoms with E-state index in [0.29, 0.717) is 0 Å². The van der Waals surface area contributed by atoms with Crippen LogP contribution in [-0.2, 0) is 0 Å². The lowest BCUT2D eigenvalue weighted by atomic mass is 9.88. The maximum Gasteiger partial charge on any atom is 0.0364 e. The molecule has 0 saturated heterocycles. The Morgan fingerprint density at radius 3 is 2.25 bits per heavy atom. The van der Waals surface area contributed by atoms with Gasteiger partial charge in [-0.2, -0.15) is 0 Å². The summed E-state index contributed by atoms with van der Waals surface area (Å²) in [6, 6.07) is 8.64. The van der Waals surface area contributed by atoms with Crippen LogP contribution >= 0.6 is 15.9 Å². The highest BCUT2D eigenvalue weighted by Crippen LogP contribution is 2.26. The molecule has 0 spiro atoms. The Labute approximate surface area is 132 Å². The first kappa shape index (κ1) is 15.9. The van der Waals surface area contributed by atoms with E-state index in [4.69, 9.17) is 0 Å². The zero-order valence-corrected chi connectivity index (χ0v) is 14.4. The molecule has 1 saturated carbocycles. The van der Waals surface area contributed by atoms with E-state index in [1.165, 1.54) is 70.0 Å². The molecule has 2 rings (SSSR count). The zero-order valence-electron chi connectivity index (χ0n) is 12.8. The lowest BCUT2D eigenvalue weighted by molar-refractivity contribution is 0.353. The second kappa shape index (κ2) is 8.71. The molecule has 0 aliphatic heterocycles. The van der Waals surface area contributed by atoms with E-state index in [1.807, 2.05) is 0 Å². The number of hydrogen-bond acceptors (Lipinski definition) is 1. The minimum Gasteiger partial charge on any atom is -0.375 e. The van der Waals surface area contributed by atoms with Crippen molar-refractivity contribution < 1.29 is 0 Å². The summed E-state index contributed by atoms with van der Waals surface area (Å²) in [5.41, 5.74) is 1.32. The fourth-order valence-electron chi connectivity index (χ4n) is 3.27. The number of rotatable bonds is 5. The third-order valence-corrected chi connectivity index (χ3v) is 5.13. The van der Waals surface area contributed by atoms with Crippen molar-refractivity contribution in [1.29, 1.82) is 0 Å². The van der Waals surface area contributed by atoms with Gasteiger partial charge in [-0.25, -0.2) is 0 Å². The molecule has 1 nitrogen and oxygen atoms in total. The summed E-state index contributed by atoms with van der Waals surface area (Å²) in [7, 11) is 2.21. The first-order chi connectivity index (χ1) is 9.75. The average molecular weight is 338 g/mol. The fraction of sp³-hybridized carbons (Fsp3) is 0.667. The lowest BCUT2D eigenvalue weighted by Crippen LogP contribution is -2.19. The Bertz CT molecular complexity index is 366. The highest BCUT2D eigenvalue weighted by Gasteiger charge is 2.11. The molecule has 0 N–H and O–H groups in total. The minimum absolute atomic E-state index is 0.994. The Morgan fingerprint density at radius 2 is 1.60 bits per heavy atom. The molecule has 0 heterocycles. The smallest absolute Gasteiger partial charge is 0.0364 e. The van der Waals surface area contributed by atoms with Crippen LogP contribution in [0.3, 0.4) is 0 Å². The largest absolute Gasteiger partial charge is 0.375 e. The van der Waals surface area contributed by atoms with E-state index in [1.54, 1.807) is 0 Å². The van der Waals surface area contributed by atoms with Crippen molar-refractivity contribution in [1.82, 2.24) is 0 Å². The lowest BCUT2D eigenvalue weighted by Gasteiger charge is -2.23. The van der Waals surface area contributed by atoms with Gasteiger partial charge >= 0.3 is 0 Å². The average Bonchev–Trinajstić information content (AvgIpc) is 2.41. The molecule has 1 fully saturated rings. The third-order valence-electron chi connectivity index (χ3n) is 4.60. The van der Waals surface area contributed by atoms with Gasteiger partial charge in [-0.05, 0) is 43.0 Å². The Morgan fingerprint density at radius 1 is 1.00 bits per heavy atom. The van der Waals surface area contributed by atoms with Gasteiger partial charge in [-0.3, -0.25) is 0 Å². The standard InChI is InChI=1S/C18H28BrN/c1-20(18-13-11-17(19)12-14-18)15-7-10-16-8-5-3-2-4-6-9-16/h11-14,16H,2-10,15H2,1H3. The summed E-state index contributed by atoms with van der Waals surface area (Å²) in [5, 5.41) is 0. The predicted octanol–water partition coefficient (Wildman–Crippen LogP) is 6.03. The van der Waals surface area contributed by atoms with E-state index in [-0.39, 0.29) is 0 Å². The Kier molecular flexibility index (Phi) is 6.92. The van der Waals surface area contributed by atoms with Crippen LogP contribution in [0.15, 0.2) is 28.7 Å². The Hall–Kier alpha value is -0.500. The molecule has 0 bridgehead atoms. The van der Waals surface area contributed by atoms with E-state index in [0.717, 1.165) is 10.4 Å². The van der Waals surface area contributed by atoms with Crippen molar-refractivity contribution in [3.63, 3.8) is 0 Å². The summed E-state index contributed by atoms with van der Waals surface area (Å²) in [6.07, 6.45) is 13.0. The third kappa shape index (κ3) is 5.47. The molecule has 1 aromatic carbocycles. The molecular formula is C18H28BrN. The molecule has 0 amide bonds. The van der Waals surface area contributed by atoms with Gasteiger partial charge in [-0.1, -0.05) is 60.9 Å². The molecule has 0 unspecified atom stereocenters. The van der Waals surface area contributed by atoms with Crippen LogP contribution in [-0.4, -0.2) is 13.6 Å². The fourth-order valence-corrected chi connectivity index (χ4v) is 3.54. The van der Waals surface area contributed by atoms with Gasteiger partial charge in [0.1, 0.15) is 0 Å². The van der Waals surface area contributed by atoms with Gasteiger partial charge in [0.05, 0.1) is 0 Å². The number of halogens is 1. The SMILES string of the molecule is CN(CCCC1CCCCCCC1)c1ccc(Br)cc1. The van der Waals surface area contributed by atoms with Gasteiger partial charge in [0.15, 0.2) is 0 Å². The topological polar surface area (TPSA) is 3.24 Å². The van der Waals surface area contributed by atoms with Crippen molar-refractivity contribution in [2.75, 3.05) is 18.5 Å². The van der Waals surface area contributed by atoms with E-state index < -0.39 is 0 Å². The molecule has 20 heavy (non-hydrogen) atoms. The molecule has 0 atom stereocenters. The van der Waals surface area contributed by atoms with Gasteiger partial charge in [-0.15, -0.1) is 0 Å². The van der Waals surface area contributed by atoms with E-state index >= 15 is 0 Å². The molecule has 0 aromatic heterocycles. The van der Waals surface area contributed by atoms with Crippen molar-refractivity contribution in [2.24, 2.45) is 5.92 Å². The van der Waals surface area contributed by atoms with Crippen LogP contribution in [0.25, 0.3) is 0 Å². The second-order valence-electron chi connectivity index (χ2n) is 6.25. The monoisotopic (exact) mass is 337 g/mol. The van der Waals surface area contributed by atoms with Crippen molar-refractivity contribution in [2.45, 2.75) is 57.8 Å². The van der Waals surface area contributed by atoms with Crippen LogP contribution in [0.1, 0.15) is 57.8 Å². The number of benzene rings is 1.